The van der Waals surface area contributed by atoms with Crippen LogP contribution in [0.1, 0.15) is 57.4 Å². The van der Waals surface area contributed by atoms with Gasteiger partial charge in [-0.1, -0.05) is 83.4 Å². The molecular weight excluding hydrogens is 572 g/mol. The molecule has 0 amide bonds. The molecule has 2 rings (SSSR count). The maximum absolute atomic E-state index is 11.3. The number of nitrogens with zero attached hydrogens (tertiary/aromatic N) is 2. The van der Waals surface area contributed by atoms with E-state index in [-0.39, 0.29) is 24.6 Å². The largest absolute Gasteiger partial charge is 0.456 e. The number of ether oxygens (including phenoxy) is 3. The second-order valence-corrected chi connectivity index (χ2v) is 8.91. The first kappa shape index (κ1) is 38.9. The van der Waals surface area contributed by atoms with Crippen LogP contribution in [0.25, 0.3) is 0 Å². The number of esters is 3. The Morgan fingerprint density at radius 3 is 1.84 bits per heavy atom. The van der Waals surface area contributed by atoms with E-state index >= 15 is 0 Å². The summed E-state index contributed by atoms with van der Waals surface area (Å²) < 4.78 is 14.3. The molecule has 0 bridgehead atoms. The summed E-state index contributed by atoms with van der Waals surface area (Å²) in [7, 11) is 0. The molecule has 44 heavy (non-hydrogen) atoms. The van der Waals surface area contributed by atoms with Gasteiger partial charge in [-0.3, -0.25) is 20.2 Å². The van der Waals surface area contributed by atoms with Crippen molar-refractivity contribution in [2.24, 2.45) is 0 Å². The monoisotopic (exact) mass is 612 g/mol. The van der Waals surface area contributed by atoms with E-state index in [1.807, 2.05) is 24.3 Å². The first-order valence-electron chi connectivity index (χ1n) is 14.0. The van der Waals surface area contributed by atoms with Crippen molar-refractivity contribution in [1.82, 2.24) is 0 Å². The van der Waals surface area contributed by atoms with Crippen molar-refractivity contribution >= 4 is 23.6 Å². The van der Waals surface area contributed by atoms with Gasteiger partial charge in [-0.25, -0.2) is 14.4 Å². The molecule has 0 unspecified atom stereocenters. The molecule has 0 fully saturated rings. The van der Waals surface area contributed by atoms with Gasteiger partial charge in [0.05, 0.1) is 4.92 Å². The summed E-state index contributed by atoms with van der Waals surface area (Å²) >= 11 is 0. The van der Waals surface area contributed by atoms with Crippen LogP contribution in [0.2, 0.25) is 0 Å². The fourth-order valence-corrected chi connectivity index (χ4v) is 3.31. The number of aryl methyl sites for hydroxylation is 1. The molecular formula is C32H40N2O10. The normalized spacial score (nSPS) is 9.48. The van der Waals surface area contributed by atoms with Gasteiger partial charge >= 0.3 is 17.9 Å². The molecule has 0 saturated heterocycles. The quantitative estimate of drug-likeness (QED) is 0.0466. The lowest BCUT2D eigenvalue weighted by Gasteiger charge is -2.08. The third-order valence-corrected chi connectivity index (χ3v) is 5.52. The van der Waals surface area contributed by atoms with Crippen molar-refractivity contribution in [3.8, 4) is 11.5 Å². The first-order valence-corrected chi connectivity index (χ1v) is 14.0. The number of carbonyl (C=O) groups is 3. The Balaban J connectivity index is 0.000000673. The molecule has 0 N–H and O–H groups in total. The molecule has 0 aliphatic rings. The van der Waals surface area contributed by atoms with E-state index in [4.69, 9.17) is 9.47 Å². The van der Waals surface area contributed by atoms with Crippen molar-refractivity contribution in [3.05, 3.63) is 112 Å². The zero-order chi connectivity index (χ0) is 33.2. The Morgan fingerprint density at radius 2 is 1.30 bits per heavy atom. The van der Waals surface area contributed by atoms with E-state index in [1.54, 1.807) is 0 Å². The maximum Gasteiger partial charge on any atom is 0.335 e. The fourth-order valence-electron chi connectivity index (χ4n) is 3.31. The van der Waals surface area contributed by atoms with Crippen LogP contribution in [0.15, 0.2) is 86.5 Å². The molecule has 2 aromatic rings. The maximum atomic E-state index is 11.3. The highest BCUT2D eigenvalue weighted by atomic mass is 16.6. The molecule has 0 saturated carbocycles. The summed E-state index contributed by atoms with van der Waals surface area (Å²) in [5.41, 5.74) is 1.06. The Labute approximate surface area is 257 Å². The van der Waals surface area contributed by atoms with Crippen molar-refractivity contribution < 1.29 is 38.4 Å². The summed E-state index contributed by atoms with van der Waals surface area (Å²) in [6, 6.07) is 13.0. The van der Waals surface area contributed by atoms with Gasteiger partial charge < -0.3 is 14.2 Å². The lowest BCUT2D eigenvalue weighted by molar-refractivity contribution is -0.482. The number of rotatable bonds is 17. The number of unbranched alkanes of at least 4 members (excludes halogenated alkanes) is 6. The van der Waals surface area contributed by atoms with Crippen molar-refractivity contribution in [3.63, 3.8) is 0 Å². The standard InChI is InChI=1S/C18H26O2.C9H7NO4.C5H7NO4/c1-3-5-6-7-8-9-10-13-16-14-11-12-15-17(16)20-18(19)4-2;1-2-9(11)14-8-5-3-7(4-6-8)10(12)13;1-2-5(7)10-4-3-6(8)9/h4,11-12,14-15H,2-3,5-10,13H2,1H3;2-6H,1H2;2H,1,3-4H2. The number of hydrogen-bond acceptors (Lipinski definition) is 10. The summed E-state index contributed by atoms with van der Waals surface area (Å²) in [4.78, 5) is 51.1. The zero-order valence-corrected chi connectivity index (χ0v) is 25.0. The summed E-state index contributed by atoms with van der Waals surface area (Å²) in [5, 5.41) is 19.9. The van der Waals surface area contributed by atoms with Crippen LogP contribution in [0, 0.1) is 20.2 Å². The van der Waals surface area contributed by atoms with Gasteiger partial charge in [0.25, 0.3) is 5.69 Å². The van der Waals surface area contributed by atoms with E-state index in [9.17, 15) is 34.6 Å². The van der Waals surface area contributed by atoms with E-state index < -0.39 is 27.8 Å². The van der Waals surface area contributed by atoms with Crippen LogP contribution in [0.5, 0.6) is 11.5 Å². The average molecular weight is 613 g/mol. The SMILES string of the molecule is C=CC(=O)OCC[N+](=O)[O-].C=CC(=O)Oc1ccc([N+](=O)[O-])cc1.C=CC(=O)Oc1ccccc1CCCCCCCCC. The second-order valence-electron chi connectivity index (χ2n) is 8.91. The predicted octanol–water partition coefficient (Wildman–Crippen LogP) is 6.75. The van der Waals surface area contributed by atoms with Crippen LogP contribution in [0.4, 0.5) is 5.69 Å². The molecule has 0 heterocycles. The van der Waals surface area contributed by atoms with Gasteiger partial charge in [0.15, 0.2) is 6.61 Å². The molecule has 12 heteroatoms. The minimum atomic E-state index is -0.637. The van der Waals surface area contributed by atoms with Crippen LogP contribution in [0.3, 0.4) is 0 Å². The molecule has 238 valence electrons. The fraction of sp³-hybridized carbons (Fsp3) is 0.344. The van der Waals surface area contributed by atoms with Crippen LogP contribution < -0.4 is 9.47 Å². The third kappa shape index (κ3) is 19.9. The number of para-hydroxylation sites is 1. The first-order chi connectivity index (χ1) is 21.1. The number of nitro groups is 2. The third-order valence-electron chi connectivity index (χ3n) is 5.52. The van der Waals surface area contributed by atoms with Gasteiger partial charge in [-0.15, -0.1) is 0 Å². The minimum Gasteiger partial charge on any atom is -0.456 e. The van der Waals surface area contributed by atoms with Gasteiger partial charge in [-0.05, 0) is 36.6 Å². The van der Waals surface area contributed by atoms with Crippen molar-refractivity contribution in [1.29, 1.82) is 0 Å². The molecule has 0 aromatic heterocycles. The van der Waals surface area contributed by atoms with Gasteiger partial charge in [0.1, 0.15) is 11.5 Å². The molecule has 0 radical (unpaired) electrons. The number of nitro benzene ring substituents is 1. The highest BCUT2D eigenvalue weighted by Gasteiger charge is 2.07. The molecule has 12 nitrogen and oxygen atoms in total. The molecule has 0 aliphatic heterocycles. The Kier molecular flexibility index (Phi) is 21.6. The summed E-state index contributed by atoms with van der Waals surface area (Å²) in [6.45, 7) is 11.4. The van der Waals surface area contributed by atoms with Crippen molar-refractivity contribution in [2.45, 2.75) is 58.3 Å². The van der Waals surface area contributed by atoms with Gasteiger partial charge in [-0.2, -0.15) is 0 Å². The lowest BCUT2D eigenvalue weighted by atomic mass is 10.0. The zero-order valence-electron chi connectivity index (χ0n) is 25.0. The minimum absolute atomic E-state index is 0.0524. The smallest absolute Gasteiger partial charge is 0.335 e. The second kappa shape index (κ2) is 24.5. The predicted molar refractivity (Wildman–Crippen MR) is 166 cm³/mol. The molecule has 0 spiro atoms. The summed E-state index contributed by atoms with van der Waals surface area (Å²) in [6.07, 6.45) is 13.2. The highest BCUT2D eigenvalue weighted by Crippen LogP contribution is 2.21. The Morgan fingerprint density at radius 1 is 0.750 bits per heavy atom. The summed E-state index contributed by atoms with van der Waals surface area (Å²) in [5.74, 6) is -0.707. The van der Waals surface area contributed by atoms with Crippen molar-refractivity contribution in [2.75, 3.05) is 13.2 Å². The average Bonchev–Trinajstić information content (AvgIpc) is 3.01. The number of non-ortho nitro benzene ring substituents is 1. The molecule has 0 aliphatic carbocycles. The van der Waals surface area contributed by atoms with E-state index in [1.165, 1.54) is 68.9 Å². The van der Waals surface area contributed by atoms with E-state index in [0.717, 1.165) is 30.6 Å². The topological polar surface area (TPSA) is 165 Å². The highest BCUT2D eigenvalue weighted by molar-refractivity contribution is 5.84. The lowest BCUT2D eigenvalue weighted by Crippen LogP contribution is -2.11. The number of hydrogen-bond donors (Lipinski definition) is 0. The Bertz CT molecular complexity index is 1230. The van der Waals surface area contributed by atoms with E-state index in [2.05, 4.69) is 31.4 Å². The van der Waals surface area contributed by atoms with Crippen LogP contribution in [-0.2, 0) is 25.5 Å². The number of benzene rings is 2. The van der Waals surface area contributed by atoms with Crippen LogP contribution >= 0.6 is 0 Å². The Hall–Kier alpha value is -5.13. The molecule has 2 aromatic carbocycles. The van der Waals surface area contributed by atoms with Gasteiger partial charge in [0.2, 0.25) is 6.54 Å². The molecule has 0 atom stereocenters. The number of carbonyl (C=O) groups excluding carboxylic acids is 3. The van der Waals surface area contributed by atoms with Crippen LogP contribution in [-0.4, -0.2) is 40.9 Å². The van der Waals surface area contributed by atoms with Gasteiger partial charge in [0, 0.05) is 35.3 Å². The van der Waals surface area contributed by atoms with E-state index in [0.29, 0.717) is 5.75 Å².